The number of nitrogens with two attached hydrogens (primary N) is 5. The van der Waals surface area contributed by atoms with Gasteiger partial charge in [0.15, 0.2) is 5.96 Å². The molecular formula is C39H67N13O12. The maximum absolute atomic E-state index is 13.8. The van der Waals surface area contributed by atoms with Gasteiger partial charge in [0, 0.05) is 52.0 Å². The Bertz CT molecular complexity index is 1700. The van der Waals surface area contributed by atoms with E-state index in [0.29, 0.717) is 6.42 Å². The Morgan fingerprint density at radius 1 is 0.516 bits per heavy atom. The van der Waals surface area contributed by atoms with Gasteiger partial charge in [-0.15, -0.1) is 0 Å². The predicted octanol–water partition coefficient (Wildman–Crippen LogP) is -3.40. The van der Waals surface area contributed by atoms with Crippen LogP contribution in [0.4, 0.5) is 0 Å². The smallest absolute Gasteiger partial charge is 0.303 e. The fraction of sp³-hybridized carbons (Fsp3) is 0.667. The minimum absolute atomic E-state index is 0.0135. The number of nitrogens with one attached hydrogen (secondary N) is 7. The predicted molar refractivity (Wildman–Crippen MR) is 231 cm³/mol. The van der Waals surface area contributed by atoms with Gasteiger partial charge < -0.3 is 70.5 Å². The van der Waals surface area contributed by atoms with Crippen LogP contribution in [0.1, 0.15) is 124 Å². The molecule has 0 saturated carbocycles. The highest BCUT2D eigenvalue weighted by atomic mass is 16.4. The number of ketones is 2. The number of primary amides is 2. The lowest BCUT2D eigenvalue weighted by Crippen LogP contribution is -2.59. The molecule has 64 heavy (non-hydrogen) atoms. The minimum atomic E-state index is -1.58. The number of guanidine groups is 1. The molecule has 8 amide bonds. The lowest BCUT2D eigenvalue weighted by atomic mass is 10.0. The molecule has 0 aliphatic rings. The van der Waals surface area contributed by atoms with Crippen LogP contribution < -0.4 is 60.6 Å². The van der Waals surface area contributed by atoms with Gasteiger partial charge in [0.1, 0.15) is 47.8 Å². The first-order valence-corrected chi connectivity index (χ1v) is 20.9. The second kappa shape index (κ2) is 31.2. The monoisotopic (exact) mass is 910 g/mol. The molecule has 0 rings (SSSR count). The van der Waals surface area contributed by atoms with E-state index in [4.69, 9.17) is 34.1 Å². The van der Waals surface area contributed by atoms with Crippen molar-refractivity contribution in [2.24, 2.45) is 33.7 Å². The fourth-order valence-corrected chi connectivity index (χ4v) is 5.99. The van der Waals surface area contributed by atoms with Crippen LogP contribution in [-0.2, 0) is 52.7 Å². The van der Waals surface area contributed by atoms with E-state index in [1.807, 2.05) is 0 Å². The molecule has 0 heterocycles. The second-order valence-electron chi connectivity index (χ2n) is 15.2. The van der Waals surface area contributed by atoms with Gasteiger partial charge in [0.25, 0.3) is 0 Å². The van der Waals surface area contributed by atoms with E-state index in [9.17, 15) is 57.8 Å². The highest BCUT2D eigenvalue weighted by Crippen LogP contribution is 2.11. The Morgan fingerprint density at radius 3 is 1.38 bits per heavy atom. The SMILES string of the molecule is CCCC(NC(=O)C(CCC(=O)O)NC(=O)C(CCC(=O)CCC(C)=O)NC(C)=O)C(=O)NC(CCC(N)=O)C(=O)NC(CCCCC(=N)N)C(=O)NC(CCCN=C(N)N)C(N)=O. The third-order valence-corrected chi connectivity index (χ3v) is 9.39. The van der Waals surface area contributed by atoms with Crippen molar-refractivity contribution in [2.75, 3.05) is 6.54 Å². The van der Waals surface area contributed by atoms with Crippen molar-refractivity contribution >= 4 is 76.6 Å². The summed E-state index contributed by atoms with van der Waals surface area (Å²) < 4.78 is 0. The summed E-state index contributed by atoms with van der Waals surface area (Å²) >= 11 is 0. The van der Waals surface area contributed by atoms with Crippen LogP contribution in [0.5, 0.6) is 0 Å². The number of carboxylic acid groups (broad SMARTS) is 1. The fourth-order valence-electron chi connectivity index (χ4n) is 5.99. The van der Waals surface area contributed by atoms with E-state index < -0.39 is 109 Å². The first kappa shape index (κ1) is 57.3. The molecule has 0 radical (unpaired) electrons. The first-order valence-electron chi connectivity index (χ1n) is 20.9. The second-order valence-corrected chi connectivity index (χ2v) is 15.2. The Morgan fingerprint density at radius 2 is 0.953 bits per heavy atom. The summed E-state index contributed by atoms with van der Waals surface area (Å²) in [4.78, 5) is 143. The first-order chi connectivity index (χ1) is 30.0. The van der Waals surface area contributed by atoms with Crippen molar-refractivity contribution in [3.05, 3.63) is 0 Å². The maximum atomic E-state index is 13.8. The molecule has 0 saturated heterocycles. The van der Waals surface area contributed by atoms with E-state index >= 15 is 0 Å². The van der Waals surface area contributed by atoms with Gasteiger partial charge in [-0.3, -0.25) is 58.3 Å². The van der Waals surface area contributed by atoms with E-state index in [1.165, 1.54) is 6.92 Å². The lowest BCUT2D eigenvalue weighted by Gasteiger charge is -2.27. The molecule has 18 N–H and O–H groups in total. The Balaban J connectivity index is 6.43. The van der Waals surface area contributed by atoms with Gasteiger partial charge in [-0.1, -0.05) is 19.8 Å². The number of Topliss-reactive ketones (excluding diaryl/α,β-unsaturated/α-hetero) is 2. The number of amidine groups is 1. The van der Waals surface area contributed by atoms with E-state index in [2.05, 4.69) is 36.9 Å². The van der Waals surface area contributed by atoms with E-state index in [0.717, 1.165) is 6.92 Å². The zero-order chi connectivity index (χ0) is 48.9. The summed E-state index contributed by atoms with van der Waals surface area (Å²) in [5.74, 6) is -9.25. The van der Waals surface area contributed by atoms with Crippen LogP contribution >= 0.6 is 0 Å². The number of amides is 8. The average Bonchev–Trinajstić information content (AvgIpc) is 3.19. The quantitative estimate of drug-likeness (QED) is 0.0167. The number of unbranched alkanes of at least 4 members (excludes halogenated alkanes) is 1. The molecule has 6 unspecified atom stereocenters. The standard InChI is InChI=1S/C39H67N13O12/c1-4-8-25(49-38(64)29(17-19-32(57)58)52-36(62)27(47-22(3)54)15-14-23(55)13-12-21(2)53)34(60)51-28(16-18-31(42)56)37(63)50-26(9-5-6-11-30(40)41)35(61)48-24(33(43)59)10-7-20-46-39(44)45/h24-29H,4-20H2,1-3H3,(H3,40,41)(H2,42,56)(H2,43,59)(H,47,54)(H,48,61)(H,49,64)(H,50,63)(H,51,60)(H,52,62)(H,57,58)(H4,44,45,46). The van der Waals surface area contributed by atoms with Crippen LogP contribution in [0.3, 0.4) is 0 Å². The minimum Gasteiger partial charge on any atom is -0.481 e. The lowest BCUT2D eigenvalue weighted by molar-refractivity contribution is -0.138. The molecule has 0 spiro atoms. The average molecular weight is 910 g/mol. The van der Waals surface area contributed by atoms with Crippen molar-refractivity contribution < 1.29 is 57.8 Å². The molecule has 360 valence electrons. The third-order valence-electron chi connectivity index (χ3n) is 9.39. The van der Waals surface area contributed by atoms with Crippen molar-refractivity contribution in [3.63, 3.8) is 0 Å². The molecule has 0 fully saturated rings. The van der Waals surface area contributed by atoms with Gasteiger partial charge in [0.2, 0.25) is 47.3 Å². The van der Waals surface area contributed by atoms with Crippen LogP contribution in [0, 0.1) is 5.41 Å². The molecule has 0 aromatic carbocycles. The topological polar surface area (TPSA) is 446 Å². The number of aliphatic imine (C=N–C) groups is 1. The summed E-state index contributed by atoms with van der Waals surface area (Å²) in [6, 6.07) is -8.39. The molecule has 6 atom stereocenters. The van der Waals surface area contributed by atoms with Gasteiger partial charge >= 0.3 is 5.97 Å². The molecule has 25 heteroatoms. The van der Waals surface area contributed by atoms with Gasteiger partial charge in [-0.2, -0.15) is 0 Å². The third kappa shape index (κ3) is 26.6. The van der Waals surface area contributed by atoms with Crippen LogP contribution in [0.2, 0.25) is 0 Å². The molecule has 0 aliphatic carbocycles. The zero-order valence-electron chi connectivity index (χ0n) is 36.8. The van der Waals surface area contributed by atoms with Crippen molar-refractivity contribution in [1.82, 2.24) is 31.9 Å². The zero-order valence-corrected chi connectivity index (χ0v) is 36.8. The number of carboxylic acids is 1. The summed E-state index contributed by atoms with van der Waals surface area (Å²) in [7, 11) is 0. The van der Waals surface area contributed by atoms with E-state index in [1.54, 1.807) is 6.92 Å². The number of rotatable bonds is 35. The van der Waals surface area contributed by atoms with Crippen molar-refractivity contribution in [2.45, 2.75) is 160 Å². The summed E-state index contributed by atoms with van der Waals surface area (Å²) in [6.07, 6.45) is -1.12. The van der Waals surface area contributed by atoms with Crippen LogP contribution in [0.15, 0.2) is 4.99 Å². The Labute approximate surface area is 371 Å². The molecule has 0 aromatic heterocycles. The number of carbonyl (C=O) groups excluding carboxylic acids is 10. The molecule has 0 aliphatic heterocycles. The highest BCUT2D eigenvalue weighted by Gasteiger charge is 2.33. The Hall–Kier alpha value is -6.69. The summed E-state index contributed by atoms with van der Waals surface area (Å²) in [5.41, 5.74) is 27.0. The molecule has 0 aromatic rings. The van der Waals surface area contributed by atoms with Gasteiger partial charge in [0.05, 0.1) is 5.84 Å². The highest BCUT2D eigenvalue weighted by molar-refractivity contribution is 5.97. The largest absolute Gasteiger partial charge is 0.481 e. The number of hydrogen-bond acceptors (Lipinski definition) is 13. The van der Waals surface area contributed by atoms with Crippen molar-refractivity contribution in [1.29, 1.82) is 5.41 Å². The summed E-state index contributed by atoms with van der Waals surface area (Å²) in [6.45, 7) is 4.21. The summed E-state index contributed by atoms with van der Waals surface area (Å²) in [5, 5.41) is 31.6. The number of carbonyl (C=O) groups is 11. The molecule has 0 bridgehead atoms. The van der Waals surface area contributed by atoms with E-state index in [-0.39, 0.29) is 107 Å². The van der Waals surface area contributed by atoms with Gasteiger partial charge in [-0.05, 0) is 58.3 Å². The van der Waals surface area contributed by atoms with Crippen LogP contribution in [-0.4, -0.2) is 124 Å². The number of hydrogen-bond donors (Lipinski definition) is 13. The van der Waals surface area contributed by atoms with Crippen LogP contribution in [0.25, 0.3) is 0 Å². The molecular weight excluding hydrogens is 843 g/mol. The van der Waals surface area contributed by atoms with Crippen molar-refractivity contribution in [3.8, 4) is 0 Å². The maximum Gasteiger partial charge on any atom is 0.303 e. The number of aliphatic carboxylic acids is 1. The van der Waals surface area contributed by atoms with Gasteiger partial charge in [-0.25, -0.2) is 0 Å². The molecule has 25 nitrogen and oxygen atoms in total. The number of nitrogens with zero attached hydrogens (tertiary/aromatic N) is 1. The Kier molecular flexibility index (Phi) is 27.9. The normalized spacial score (nSPS) is 13.5.